The lowest BCUT2D eigenvalue weighted by molar-refractivity contribution is 0.306. The standard InChI is InChI=1S/C23H24FNO/c1-17-5-7-19(8-6-17)16-26-23-11-9-18(10-12-23)13-21(15-25)20-3-2-4-22(24)14-20/h2-12,14,21H,13,15-16,25H2,1H3. The van der Waals surface area contributed by atoms with Gasteiger partial charge in [0.25, 0.3) is 0 Å². The van der Waals surface area contributed by atoms with Crippen molar-refractivity contribution in [3.8, 4) is 5.75 Å². The fourth-order valence-electron chi connectivity index (χ4n) is 2.96. The van der Waals surface area contributed by atoms with Crippen molar-refractivity contribution in [1.82, 2.24) is 0 Å². The molecular weight excluding hydrogens is 325 g/mol. The van der Waals surface area contributed by atoms with E-state index in [2.05, 4.69) is 31.2 Å². The third kappa shape index (κ3) is 4.93. The van der Waals surface area contributed by atoms with Crippen molar-refractivity contribution in [3.63, 3.8) is 0 Å². The van der Waals surface area contributed by atoms with E-state index in [1.807, 2.05) is 30.3 Å². The Kier molecular flexibility index (Phi) is 6.03. The molecule has 0 amide bonds. The van der Waals surface area contributed by atoms with Crippen LogP contribution in [-0.2, 0) is 13.0 Å². The van der Waals surface area contributed by atoms with E-state index >= 15 is 0 Å². The number of ether oxygens (including phenoxy) is 1. The first kappa shape index (κ1) is 18.2. The molecule has 3 aromatic rings. The van der Waals surface area contributed by atoms with Gasteiger partial charge in [0.05, 0.1) is 0 Å². The lowest BCUT2D eigenvalue weighted by Crippen LogP contribution is -2.15. The number of halogens is 1. The van der Waals surface area contributed by atoms with E-state index in [0.717, 1.165) is 28.9 Å². The highest BCUT2D eigenvalue weighted by Gasteiger charge is 2.11. The summed E-state index contributed by atoms with van der Waals surface area (Å²) in [5.74, 6) is 0.718. The number of benzene rings is 3. The van der Waals surface area contributed by atoms with Crippen LogP contribution in [0.2, 0.25) is 0 Å². The molecule has 3 heteroatoms. The van der Waals surface area contributed by atoms with Crippen LogP contribution in [0.3, 0.4) is 0 Å². The molecule has 2 nitrogen and oxygen atoms in total. The van der Waals surface area contributed by atoms with E-state index in [4.69, 9.17) is 10.5 Å². The quantitative estimate of drug-likeness (QED) is 0.651. The van der Waals surface area contributed by atoms with Gasteiger partial charge in [0, 0.05) is 5.92 Å². The molecule has 3 rings (SSSR count). The van der Waals surface area contributed by atoms with Crippen LogP contribution in [0.15, 0.2) is 72.8 Å². The molecule has 26 heavy (non-hydrogen) atoms. The topological polar surface area (TPSA) is 35.2 Å². The highest BCUT2D eigenvalue weighted by atomic mass is 19.1. The van der Waals surface area contributed by atoms with Crippen molar-refractivity contribution in [2.75, 3.05) is 6.54 Å². The summed E-state index contributed by atoms with van der Waals surface area (Å²) in [7, 11) is 0. The maximum Gasteiger partial charge on any atom is 0.123 e. The number of nitrogens with two attached hydrogens (primary N) is 1. The van der Waals surface area contributed by atoms with Crippen molar-refractivity contribution in [2.45, 2.75) is 25.9 Å². The largest absolute Gasteiger partial charge is 0.489 e. The van der Waals surface area contributed by atoms with Crippen LogP contribution in [0.25, 0.3) is 0 Å². The number of aryl methyl sites for hydroxylation is 1. The minimum absolute atomic E-state index is 0.102. The summed E-state index contributed by atoms with van der Waals surface area (Å²) in [5, 5.41) is 0. The van der Waals surface area contributed by atoms with Gasteiger partial charge in [-0.05, 0) is 60.8 Å². The van der Waals surface area contributed by atoms with Crippen LogP contribution in [0.1, 0.15) is 28.2 Å². The second-order valence-corrected chi connectivity index (χ2v) is 6.61. The Labute approximate surface area is 154 Å². The van der Waals surface area contributed by atoms with Crippen LogP contribution in [-0.4, -0.2) is 6.54 Å². The predicted octanol–water partition coefficient (Wildman–Crippen LogP) is 5.00. The van der Waals surface area contributed by atoms with Gasteiger partial charge in [0.2, 0.25) is 0 Å². The van der Waals surface area contributed by atoms with E-state index in [0.29, 0.717) is 13.2 Å². The molecule has 0 bridgehead atoms. The monoisotopic (exact) mass is 349 g/mol. The van der Waals surface area contributed by atoms with Crippen LogP contribution in [0, 0.1) is 12.7 Å². The first-order valence-corrected chi connectivity index (χ1v) is 8.87. The smallest absolute Gasteiger partial charge is 0.123 e. The van der Waals surface area contributed by atoms with Gasteiger partial charge in [-0.1, -0.05) is 54.1 Å². The fraction of sp³-hybridized carbons (Fsp3) is 0.217. The van der Waals surface area contributed by atoms with Crippen LogP contribution >= 0.6 is 0 Å². The first-order chi connectivity index (χ1) is 12.6. The number of hydrogen-bond donors (Lipinski definition) is 1. The second-order valence-electron chi connectivity index (χ2n) is 6.61. The summed E-state index contributed by atoms with van der Waals surface area (Å²) in [6.07, 6.45) is 0.776. The van der Waals surface area contributed by atoms with E-state index < -0.39 is 0 Å². The SMILES string of the molecule is Cc1ccc(COc2ccc(CC(CN)c3cccc(F)c3)cc2)cc1. The van der Waals surface area contributed by atoms with Crippen molar-refractivity contribution in [2.24, 2.45) is 5.73 Å². The average Bonchev–Trinajstić information content (AvgIpc) is 2.66. The van der Waals surface area contributed by atoms with E-state index in [1.165, 1.54) is 11.6 Å². The fourth-order valence-corrected chi connectivity index (χ4v) is 2.96. The minimum Gasteiger partial charge on any atom is -0.489 e. The number of rotatable bonds is 7. The molecule has 0 spiro atoms. The Balaban J connectivity index is 1.60. The molecule has 0 saturated carbocycles. The summed E-state index contributed by atoms with van der Waals surface area (Å²) in [6.45, 7) is 3.10. The Hall–Kier alpha value is -2.65. The van der Waals surface area contributed by atoms with Gasteiger partial charge in [-0.15, -0.1) is 0 Å². The summed E-state index contributed by atoms with van der Waals surface area (Å²) in [4.78, 5) is 0. The zero-order valence-electron chi connectivity index (χ0n) is 15.0. The Morgan fingerprint density at radius 2 is 1.62 bits per heavy atom. The van der Waals surface area contributed by atoms with Crippen molar-refractivity contribution in [3.05, 3.63) is 101 Å². The summed E-state index contributed by atoms with van der Waals surface area (Å²) in [5.41, 5.74) is 10.4. The van der Waals surface area contributed by atoms with Crippen molar-refractivity contribution in [1.29, 1.82) is 0 Å². The number of hydrogen-bond acceptors (Lipinski definition) is 2. The Bertz CT molecular complexity index is 828. The maximum atomic E-state index is 13.4. The van der Waals surface area contributed by atoms with Crippen molar-refractivity contribution >= 4 is 0 Å². The lowest BCUT2D eigenvalue weighted by Gasteiger charge is -2.16. The van der Waals surface area contributed by atoms with Crippen LogP contribution in [0.5, 0.6) is 5.75 Å². The molecule has 134 valence electrons. The predicted molar refractivity (Wildman–Crippen MR) is 104 cm³/mol. The zero-order chi connectivity index (χ0) is 18.4. The zero-order valence-corrected chi connectivity index (χ0v) is 15.0. The third-order valence-electron chi connectivity index (χ3n) is 4.54. The van der Waals surface area contributed by atoms with Crippen LogP contribution < -0.4 is 10.5 Å². The normalized spacial score (nSPS) is 12.0. The maximum absolute atomic E-state index is 13.4. The average molecular weight is 349 g/mol. The molecule has 0 heterocycles. The van der Waals surface area contributed by atoms with E-state index in [-0.39, 0.29) is 11.7 Å². The molecule has 1 unspecified atom stereocenters. The highest BCUT2D eigenvalue weighted by Crippen LogP contribution is 2.22. The summed E-state index contributed by atoms with van der Waals surface area (Å²) < 4.78 is 19.3. The second kappa shape index (κ2) is 8.63. The molecule has 0 aliphatic heterocycles. The molecule has 0 aliphatic carbocycles. The molecule has 2 N–H and O–H groups in total. The lowest BCUT2D eigenvalue weighted by atomic mass is 9.92. The van der Waals surface area contributed by atoms with Gasteiger partial charge in [-0.3, -0.25) is 0 Å². The van der Waals surface area contributed by atoms with Gasteiger partial charge in [0.15, 0.2) is 0 Å². The third-order valence-corrected chi connectivity index (χ3v) is 4.54. The Morgan fingerprint density at radius 3 is 2.27 bits per heavy atom. The van der Waals surface area contributed by atoms with Gasteiger partial charge in [-0.25, -0.2) is 4.39 Å². The van der Waals surface area contributed by atoms with Crippen molar-refractivity contribution < 1.29 is 9.13 Å². The van der Waals surface area contributed by atoms with Gasteiger partial charge in [-0.2, -0.15) is 0 Å². The summed E-state index contributed by atoms with van der Waals surface area (Å²) in [6, 6.07) is 23.1. The Morgan fingerprint density at radius 1 is 0.923 bits per heavy atom. The molecule has 0 aromatic heterocycles. The molecular formula is C23H24FNO. The van der Waals surface area contributed by atoms with Crippen LogP contribution in [0.4, 0.5) is 4.39 Å². The molecule has 0 radical (unpaired) electrons. The van der Waals surface area contributed by atoms with Gasteiger partial charge in [0.1, 0.15) is 18.2 Å². The highest BCUT2D eigenvalue weighted by molar-refractivity contribution is 5.31. The minimum atomic E-state index is -0.221. The first-order valence-electron chi connectivity index (χ1n) is 8.87. The molecule has 0 saturated heterocycles. The van der Waals surface area contributed by atoms with Gasteiger partial charge < -0.3 is 10.5 Å². The summed E-state index contributed by atoms with van der Waals surface area (Å²) >= 11 is 0. The van der Waals surface area contributed by atoms with E-state index in [9.17, 15) is 4.39 Å². The molecule has 3 aromatic carbocycles. The molecule has 1 atom stereocenters. The van der Waals surface area contributed by atoms with Gasteiger partial charge >= 0.3 is 0 Å². The molecule has 0 fully saturated rings. The molecule has 0 aliphatic rings. The van der Waals surface area contributed by atoms with E-state index in [1.54, 1.807) is 12.1 Å².